The first-order chi connectivity index (χ1) is 47.7. The van der Waals surface area contributed by atoms with Crippen LogP contribution in [0.3, 0.4) is 0 Å². The molecule has 32 heteroatoms. The number of ether oxygens (including phenoxy) is 4. The summed E-state index contributed by atoms with van der Waals surface area (Å²) in [5.41, 5.74) is 23.4. The number of rotatable bonds is 46. The van der Waals surface area contributed by atoms with Gasteiger partial charge in [-0.25, -0.2) is 14.2 Å². The van der Waals surface area contributed by atoms with E-state index in [1.807, 2.05) is 85.9 Å². The van der Waals surface area contributed by atoms with Gasteiger partial charge in [0.25, 0.3) is 5.91 Å². The number of anilines is 1. The molecule has 0 saturated carbocycles. The smallest absolute Gasteiger partial charge is 0.335 e. The summed E-state index contributed by atoms with van der Waals surface area (Å²) in [7, 11) is 7.68. The van der Waals surface area contributed by atoms with Crippen molar-refractivity contribution in [2.24, 2.45) is 21.6 Å². The second-order valence-electron chi connectivity index (χ2n) is 24.8. The molecule has 2 fully saturated rings. The molecular formula is C67H100N17O14S+. The van der Waals surface area contributed by atoms with Crippen LogP contribution in [0, 0.1) is 0 Å². The fourth-order valence-electron chi connectivity index (χ4n) is 11.6. The van der Waals surface area contributed by atoms with E-state index in [-0.39, 0.29) is 105 Å². The number of nitrogens with two attached hydrogens (primary N) is 2. The minimum absolute atomic E-state index is 0.0212. The van der Waals surface area contributed by atoms with Crippen molar-refractivity contribution >= 4 is 82.5 Å². The van der Waals surface area contributed by atoms with Crippen LogP contribution in [0.15, 0.2) is 70.3 Å². The number of nitrogens with zero attached hydrogens (tertiary/aromatic N) is 6. The molecule has 1 aliphatic carbocycles. The van der Waals surface area contributed by atoms with Gasteiger partial charge in [-0.15, -0.1) is 0 Å². The van der Waals surface area contributed by atoms with Gasteiger partial charge in [0.15, 0.2) is 11.7 Å². The Morgan fingerprint density at radius 1 is 0.737 bits per heavy atom. The van der Waals surface area contributed by atoms with Gasteiger partial charge in [0.05, 0.1) is 50.6 Å². The average molecular weight is 1400 g/mol. The highest BCUT2D eigenvalue weighted by Crippen LogP contribution is 2.47. The molecule has 3 aliphatic heterocycles. The second-order valence-corrected chi connectivity index (χ2v) is 26.1. The van der Waals surface area contributed by atoms with Crippen molar-refractivity contribution in [2.45, 2.75) is 138 Å². The largest absolute Gasteiger partial charge is 0.482 e. The minimum Gasteiger partial charge on any atom is -0.482 e. The molecular weight excluding hydrogens is 1300 g/mol. The minimum atomic E-state index is -1.14. The third-order valence-electron chi connectivity index (χ3n) is 16.8. The number of fused-ring (bicyclic) bond motifs is 3. The Morgan fingerprint density at radius 3 is 2.09 bits per heavy atom. The highest BCUT2D eigenvalue weighted by atomic mass is 32.2. The van der Waals surface area contributed by atoms with Crippen LogP contribution in [0.5, 0.6) is 5.75 Å². The lowest BCUT2D eigenvalue weighted by Crippen LogP contribution is -2.49. The van der Waals surface area contributed by atoms with Gasteiger partial charge in [0.2, 0.25) is 35.4 Å². The lowest BCUT2D eigenvalue weighted by atomic mass is 9.76. The number of amides is 9. The van der Waals surface area contributed by atoms with Crippen molar-refractivity contribution in [3.63, 3.8) is 0 Å². The Morgan fingerprint density at radius 2 is 1.38 bits per heavy atom. The van der Waals surface area contributed by atoms with Gasteiger partial charge in [-0.1, -0.05) is 18.0 Å². The molecule has 542 valence electrons. The first-order valence-corrected chi connectivity index (χ1v) is 35.0. The quantitative estimate of drug-likeness (QED) is 0.00661. The number of azide groups is 1. The van der Waals surface area contributed by atoms with Gasteiger partial charge in [0, 0.05) is 124 Å². The molecule has 14 N–H and O–H groups in total. The number of nitrogens with one attached hydrogen (secondary N) is 9. The number of urea groups is 1. The second kappa shape index (κ2) is 42.8. The van der Waals surface area contributed by atoms with Crippen molar-refractivity contribution in [1.29, 1.82) is 0 Å². The summed E-state index contributed by atoms with van der Waals surface area (Å²) < 4.78 is 25.4. The number of unbranched alkanes of at least 4 members (excludes halogenated alkanes) is 4. The summed E-state index contributed by atoms with van der Waals surface area (Å²) in [5.74, 6) is -3.26. The van der Waals surface area contributed by atoms with E-state index in [1.165, 1.54) is 12.1 Å². The number of aliphatic imine (C=N–C) groups is 1. The van der Waals surface area contributed by atoms with Crippen LogP contribution in [0.4, 0.5) is 10.5 Å². The van der Waals surface area contributed by atoms with Gasteiger partial charge < -0.3 is 88.3 Å². The molecule has 0 bridgehead atoms. The summed E-state index contributed by atoms with van der Waals surface area (Å²) in [6, 6.07) is 8.74. The zero-order valence-electron chi connectivity index (χ0n) is 57.2. The number of carbonyl (C=O) groups is 9. The number of allylic oxidation sites excluding steroid dienone is 2. The van der Waals surface area contributed by atoms with Gasteiger partial charge in [-0.2, -0.15) is 11.8 Å². The van der Waals surface area contributed by atoms with E-state index in [2.05, 4.69) is 62.9 Å². The third-order valence-corrected chi connectivity index (χ3v) is 18.3. The molecule has 0 aromatic heterocycles. The molecule has 2 unspecified atom stereocenters. The van der Waals surface area contributed by atoms with Crippen LogP contribution in [-0.4, -0.2) is 230 Å². The van der Waals surface area contributed by atoms with Gasteiger partial charge >= 0.3 is 12.0 Å². The number of carbonyl (C=O) groups excluding carboxylic acids is 8. The molecule has 99 heavy (non-hydrogen) atoms. The topological polar surface area (TPSA) is 438 Å². The van der Waals surface area contributed by atoms with Crippen molar-refractivity contribution < 1.29 is 71.8 Å². The predicted molar refractivity (Wildman–Crippen MR) is 375 cm³/mol. The Balaban J connectivity index is 0.924. The van der Waals surface area contributed by atoms with Crippen molar-refractivity contribution in [1.82, 2.24) is 47.9 Å². The van der Waals surface area contributed by atoms with E-state index >= 15 is 0 Å². The monoisotopic (exact) mass is 1400 g/mol. The summed E-state index contributed by atoms with van der Waals surface area (Å²) in [4.78, 5) is 124. The van der Waals surface area contributed by atoms with Crippen LogP contribution in [0.25, 0.3) is 10.4 Å². The zero-order chi connectivity index (χ0) is 71.5. The molecule has 2 saturated heterocycles. The van der Waals surface area contributed by atoms with Gasteiger partial charge in [-0.05, 0) is 130 Å². The Bertz CT molecular complexity index is 3260. The first kappa shape index (κ1) is 79.0. The standard InChI is InChI=1S/C67H99N17O14S/c1-83(2)44-21-24-53-48(38-44)60(49-39-45(84(3)4)22-25-54(49)98-53)47-37-43(20-23-46(47)65(92)93)62(89)73-27-11-9-15-50(78-57(86)19-6-5-10-26-72-58(87)40-76-64(91)51(16-12-28-75-66(68)69)79-59(88)41-77-82-70)63(90)74-30-14-32-96-34-36-97-35-33-95-31-13-29-71-56(85)18-8-7-17-55-61-52(42-99-55)80-67(94)81-61/h20-25,37-39,50-53,55,60-61H,5-19,26-36,40-42H2,1-4H3,(H13-,68,69,71,72,73,74,75,76,78,79,80,81,85,86,87,88,89,90,91,92,93,94)/p+1/t50-,51-,52-,53?,55-,60?,61-/m0/s1. The maximum absolute atomic E-state index is 14.0. The van der Waals surface area contributed by atoms with Crippen molar-refractivity contribution in [3.05, 3.63) is 92.9 Å². The highest BCUT2D eigenvalue weighted by Gasteiger charge is 2.43. The molecule has 9 amide bonds. The average Bonchev–Trinajstić information content (AvgIpc) is 1.41. The summed E-state index contributed by atoms with van der Waals surface area (Å²) in [6.07, 6.45) is 12.9. The molecule has 2 aromatic rings. The SMILES string of the molecule is CN(C)c1ccc2c(c1)C(c1cc(C(=O)NCCCC[C@H](NC(=O)CCCCCNC(=O)CNC(=O)[C@H](CCCN=C(N)N)NC(=O)CN=[N+]=[N-])C(=O)NCCCOCCOCCOCCCNC(=O)CCCC[C@@H]3SC[C@@H]4NC(=O)N[C@@H]43)ccc1C(=O)O)C1=CC(=[N+](C)C)C=CC1O2. The Kier molecular flexibility index (Phi) is 34.1. The van der Waals surface area contributed by atoms with E-state index in [0.717, 1.165) is 47.6 Å². The third kappa shape index (κ3) is 27.3. The molecule has 31 nitrogen and oxygen atoms in total. The van der Waals surface area contributed by atoms with E-state index < -0.39 is 60.2 Å². The zero-order valence-corrected chi connectivity index (χ0v) is 58.1. The maximum Gasteiger partial charge on any atom is 0.335 e. The maximum atomic E-state index is 14.0. The summed E-state index contributed by atoms with van der Waals surface area (Å²) in [6.45, 7) is 2.80. The predicted octanol–water partition coefficient (Wildman–Crippen LogP) is 2.37. The van der Waals surface area contributed by atoms with Crippen molar-refractivity contribution in [2.75, 3.05) is 124 Å². The number of benzene rings is 2. The number of carboxylic acids is 1. The number of aromatic carboxylic acids is 1. The first-order valence-electron chi connectivity index (χ1n) is 34.0. The number of hydrogen-bond acceptors (Lipinski definition) is 17. The summed E-state index contributed by atoms with van der Waals surface area (Å²) >= 11 is 1.87. The fraction of sp³-hybridized carbons (Fsp3) is 0.597. The number of hydrogen-bond donors (Lipinski definition) is 12. The molecule has 4 aliphatic rings. The van der Waals surface area contributed by atoms with Crippen LogP contribution in [0.1, 0.15) is 134 Å². The van der Waals surface area contributed by atoms with E-state index in [1.54, 1.807) is 6.07 Å². The summed E-state index contributed by atoms with van der Waals surface area (Å²) in [5, 5.41) is 39.5. The van der Waals surface area contributed by atoms with Crippen molar-refractivity contribution in [3.8, 4) is 5.75 Å². The van der Waals surface area contributed by atoms with Crippen LogP contribution < -0.4 is 69.0 Å². The highest BCUT2D eigenvalue weighted by molar-refractivity contribution is 8.00. The molecule has 2 aromatic carbocycles. The van der Waals surface area contributed by atoms with E-state index in [9.17, 15) is 48.3 Å². The normalized spacial score (nSPS) is 17.6. The van der Waals surface area contributed by atoms with Gasteiger partial charge in [0.1, 0.15) is 44.6 Å². The Labute approximate surface area is 582 Å². The van der Waals surface area contributed by atoms with Crippen LogP contribution in [-0.2, 0) is 43.0 Å². The number of carboxylic acid groups (broad SMARTS) is 1. The van der Waals surface area contributed by atoms with E-state index in [0.29, 0.717) is 121 Å². The van der Waals surface area contributed by atoms with E-state index in [4.69, 9.17) is 35.9 Å². The Hall–Kier alpha value is -8.97. The molecule has 3 heterocycles. The van der Waals surface area contributed by atoms with Crippen LogP contribution >= 0.6 is 11.8 Å². The number of thioether (sulfide) groups is 1. The molecule has 0 spiro atoms. The molecule has 6 rings (SSSR count). The fourth-order valence-corrected chi connectivity index (χ4v) is 13.1. The van der Waals surface area contributed by atoms with Gasteiger partial charge in [-0.3, -0.25) is 38.6 Å². The number of guanidine groups is 1. The lowest BCUT2D eigenvalue weighted by molar-refractivity contribution is -0.462. The molecule has 7 atom stereocenters. The molecule has 0 radical (unpaired) electrons. The lowest BCUT2D eigenvalue weighted by Gasteiger charge is -2.36. The van der Waals surface area contributed by atoms with Crippen LogP contribution in [0.2, 0.25) is 0 Å².